The number of likely N-dealkylation sites (tertiary alicyclic amines) is 1. The average Bonchev–Trinajstić information content (AvgIpc) is 3.28. The lowest BCUT2D eigenvalue weighted by molar-refractivity contribution is 0.236. The van der Waals surface area contributed by atoms with Gasteiger partial charge in [-0.1, -0.05) is 42.4 Å². The van der Waals surface area contributed by atoms with Gasteiger partial charge in [0, 0.05) is 24.7 Å². The summed E-state index contributed by atoms with van der Waals surface area (Å²) in [6.07, 6.45) is 1.15. The summed E-state index contributed by atoms with van der Waals surface area (Å²) in [5.41, 5.74) is 1.78. The Morgan fingerprint density at radius 2 is 2.17 bits per heavy atom. The summed E-state index contributed by atoms with van der Waals surface area (Å²) in [5.74, 6) is 1.19. The molecule has 24 heavy (non-hydrogen) atoms. The standard InChI is InChI=1S/C18H24N4O2/c1-2-22-9-8-14(13-22)11-19-18(23)20-12-16-10-17(21-24-16)15-6-4-3-5-7-15/h3-7,10,14H,2,8-9,11-13H2,1H3,(H2,19,20,23)/t14-/m0/s1. The highest BCUT2D eigenvalue weighted by molar-refractivity contribution is 5.73. The number of carbonyl (C=O) groups is 1. The zero-order chi connectivity index (χ0) is 16.8. The van der Waals surface area contributed by atoms with Gasteiger partial charge in [-0.2, -0.15) is 0 Å². The van der Waals surface area contributed by atoms with Gasteiger partial charge in [-0.15, -0.1) is 0 Å². The van der Waals surface area contributed by atoms with Gasteiger partial charge in [0.2, 0.25) is 0 Å². The first-order chi connectivity index (χ1) is 11.7. The quantitative estimate of drug-likeness (QED) is 0.855. The maximum Gasteiger partial charge on any atom is 0.315 e. The van der Waals surface area contributed by atoms with E-state index in [-0.39, 0.29) is 6.03 Å². The van der Waals surface area contributed by atoms with Crippen LogP contribution in [0.4, 0.5) is 4.79 Å². The number of hydrogen-bond donors (Lipinski definition) is 2. The van der Waals surface area contributed by atoms with Gasteiger partial charge in [-0.05, 0) is 25.4 Å². The van der Waals surface area contributed by atoms with Crippen LogP contribution in [0.3, 0.4) is 0 Å². The minimum absolute atomic E-state index is 0.164. The number of rotatable bonds is 6. The number of aromatic nitrogens is 1. The second-order valence-corrected chi connectivity index (χ2v) is 6.16. The summed E-state index contributed by atoms with van der Waals surface area (Å²) in [6, 6.07) is 11.5. The maximum atomic E-state index is 11.9. The van der Waals surface area contributed by atoms with Crippen LogP contribution in [0.15, 0.2) is 40.9 Å². The van der Waals surface area contributed by atoms with E-state index in [2.05, 4.69) is 27.6 Å². The predicted octanol–water partition coefficient (Wildman–Crippen LogP) is 2.48. The second kappa shape index (κ2) is 7.97. The third-order valence-electron chi connectivity index (χ3n) is 4.42. The molecule has 1 aliphatic heterocycles. The van der Waals surface area contributed by atoms with Crippen LogP contribution < -0.4 is 10.6 Å². The molecular formula is C18H24N4O2. The summed E-state index contributed by atoms with van der Waals surface area (Å²) < 4.78 is 5.28. The zero-order valence-electron chi connectivity index (χ0n) is 14.0. The van der Waals surface area contributed by atoms with Gasteiger partial charge in [-0.3, -0.25) is 0 Å². The van der Waals surface area contributed by atoms with E-state index in [4.69, 9.17) is 4.52 Å². The van der Waals surface area contributed by atoms with Crippen LogP contribution in [0.2, 0.25) is 0 Å². The van der Waals surface area contributed by atoms with Crippen molar-refractivity contribution in [3.05, 3.63) is 42.2 Å². The molecule has 2 aromatic rings. The fourth-order valence-electron chi connectivity index (χ4n) is 2.97. The maximum absolute atomic E-state index is 11.9. The Morgan fingerprint density at radius 3 is 2.92 bits per heavy atom. The summed E-state index contributed by atoms with van der Waals surface area (Å²) in [4.78, 5) is 14.3. The van der Waals surface area contributed by atoms with Gasteiger partial charge in [-0.25, -0.2) is 4.79 Å². The van der Waals surface area contributed by atoms with E-state index in [9.17, 15) is 4.79 Å². The van der Waals surface area contributed by atoms with Crippen LogP contribution in [0.5, 0.6) is 0 Å². The molecule has 0 unspecified atom stereocenters. The number of carbonyl (C=O) groups excluding carboxylic acids is 1. The molecule has 0 aliphatic carbocycles. The molecule has 1 saturated heterocycles. The van der Waals surface area contributed by atoms with Crippen LogP contribution in [0.1, 0.15) is 19.1 Å². The SMILES string of the molecule is CCN1CC[C@@H](CNC(=O)NCc2cc(-c3ccccc3)no2)C1. The van der Waals surface area contributed by atoms with Crippen molar-refractivity contribution in [1.82, 2.24) is 20.7 Å². The Hall–Kier alpha value is -2.34. The second-order valence-electron chi connectivity index (χ2n) is 6.16. The largest absolute Gasteiger partial charge is 0.359 e. The van der Waals surface area contributed by atoms with E-state index in [0.717, 1.165) is 37.3 Å². The molecular weight excluding hydrogens is 304 g/mol. The van der Waals surface area contributed by atoms with Gasteiger partial charge in [0.25, 0.3) is 0 Å². The monoisotopic (exact) mass is 328 g/mol. The fraction of sp³-hybridized carbons (Fsp3) is 0.444. The number of benzene rings is 1. The molecule has 2 amide bonds. The Labute approximate surface area is 142 Å². The number of hydrogen-bond acceptors (Lipinski definition) is 4. The summed E-state index contributed by atoms with van der Waals surface area (Å²) >= 11 is 0. The van der Waals surface area contributed by atoms with Crippen molar-refractivity contribution in [2.45, 2.75) is 19.9 Å². The number of nitrogens with one attached hydrogen (secondary N) is 2. The van der Waals surface area contributed by atoms with Gasteiger partial charge >= 0.3 is 6.03 Å². The van der Waals surface area contributed by atoms with Gasteiger partial charge in [0.1, 0.15) is 5.69 Å². The highest BCUT2D eigenvalue weighted by Gasteiger charge is 2.21. The average molecular weight is 328 g/mol. The summed E-state index contributed by atoms with van der Waals surface area (Å²) in [6.45, 7) is 6.50. The van der Waals surface area contributed by atoms with Crippen LogP contribution in [-0.4, -0.2) is 42.3 Å². The Bertz CT molecular complexity index is 656. The molecule has 2 heterocycles. The Kier molecular flexibility index (Phi) is 5.48. The van der Waals surface area contributed by atoms with E-state index in [1.54, 1.807) is 0 Å². The molecule has 6 heteroatoms. The molecule has 1 aromatic heterocycles. The molecule has 3 rings (SSSR count). The van der Waals surface area contributed by atoms with Crippen molar-refractivity contribution >= 4 is 6.03 Å². The minimum atomic E-state index is -0.164. The van der Waals surface area contributed by atoms with Crippen LogP contribution in [-0.2, 0) is 6.54 Å². The fourth-order valence-corrected chi connectivity index (χ4v) is 2.97. The molecule has 0 bridgehead atoms. The lowest BCUT2D eigenvalue weighted by Gasteiger charge is -2.13. The number of nitrogens with zero attached hydrogens (tertiary/aromatic N) is 2. The lowest BCUT2D eigenvalue weighted by Crippen LogP contribution is -2.38. The van der Waals surface area contributed by atoms with E-state index < -0.39 is 0 Å². The topological polar surface area (TPSA) is 70.4 Å². The molecule has 128 valence electrons. The van der Waals surface area contributed by atoms with Crippen molar-refractivity contribution in [2.24, 2.45) is 5.92 Å². The van der Waals surface area contributed by atoms with Crippen molar-refractivity contribution < 1.29 is 9.32 Å². The minimum Gasteiger partial charge on any atom is -0.359 e. The first-order valence-electron chi connectivity index (χ1n) is 8.49. The summed E-state index contributed by atoms with van der Waals surface area (Å²) in [7, 11) is 0. The zero-order valence-corrected chi connectivity index (χ0v) is 14.0. The molecule has 1 fully saturated rings. The molecule has 6 nitrogen and oxygen atoms in total. The van der Waals surface area contributed by atoms with Crippen molar-refractivity contribution in [3.8, 4) is 11.3 Å². The summed E-state index contributed by atoms with van der Waals surface area (Å²) in [5, 5.41) is 9.79. The molecule has 0 saturated carbocycles. The molecule has 1 atom stereocenters. The molecule has 0 radical (unpaired) electrons. The lowest BCUT2D eigenvalue weighted by atomic mass is 10.1. The number of amides is 2. The normalized spacial score (nSPS) is 17.8. The molecule has 1 aliphatic rings. The van der Waals surface area contributed by atoms with E-state index in [1.807, 2.05) is 36.4 Å². The van der Waals surface area contributed by atoms with Gasteiger partial charge in [0.15, 0.2) is 5.76 Å². The molecule has 0 spiro atoms. The number of urea groups is 1. The molecule has 2 N–H and O–H groups in total. The first kappa shape index (κ1) is 16.5. The first-order valence-corrected chi connectivity index (χ1v) is 8.49. The third kappa shape index (κ3) is 4.35. The third-order valence-corrected chi connectivity index (χ3v) is 4.42. The highest BCUT2D eigenvalue weighted by atomic mass is 16.5. The van der Waals surface area contributed by atoms with Crippen molar-refractivity contribution in [3.63, 3.8) is 0 Å². The van der Waals surface area contributed by atoms with Crippen LogP contribution in [0, 0.1) is 5.92 Å². The van der Waals surface area contributed by atoms with E-state index in [0.29, 0.717) is 24.8 Å². The van der Waals surface area contributed by atoms with Crippen molar-refractivity contribution in [2.75, 3.05) is 26.2 Å². The van der Waals surface area contributed by atoms with Gasteiger partial charge < -0.3 is 20.1 Å². The Balaban J connectivity index is 1.41. The van der Waals surface area contributed by atoms with Crippen LogP contribution >= 0.6 is 0 Å². The smallest absolute Gasteiger partial charge is 0.315 e. The Morgan fingerprint density at radius 1 is 1.33 bits per heavy atom. The highest BCUT2D eigenvalue weighted by Crippen LogP contribution is 2.18. The predicted molar refractivity (Wildman–Crippen MR) is 92.4 cm³/mol. The van der Waals surface area contributed by atoms with Crippen LogP contribution in [0.25, 0.3) is 11.3 Å². The van der Waals surface area contributed by atoms with E-state index >= 15 is 0 Å². The van der Waals surface area contributed by atoms with Gasteiger partial charge in [0.05, 0.1) is 6.54 Å². The van der Waals surface area contributed by atoms with Crippen molar-refractivity contribution in [1.29, 1.82) is 0 Å². The van der Waals surface area contributed by atoms with E-state index in [1.165, 1.54) is 0 Å². The molecule has 1 aromatic carbocycles.